The lowest BCUT2D eigenvalue weighted by molar-refractivity contribution is -0.898. The highest BCUT2D eigenvalue weighted by Crippen LogP contribution is 2.30. The van der Waals surface area contributed by atoms with Gasteiger partial charge in [-0.15, -0.1) is 11.3 Å². The second kappa shape index (κ2) is 7.09. The summed E-state index contributed by atoms with van der Waals surface area (Å²) in [6.45, 7) is 2.22. The van der Waals surface area contributed by atoms with E-state index in [9.17, 15) is 9.59 Å². The van der Waals surface area contributed by atoms with Crippen LogP contribution >= 0.6 is 11.3 Å². The molecule has 0 radical (unpaired) electrons. The largest absolute Gasteiger partial charge is 0.335 e. The predicted molar refractivity (Wildman–Crippen MR) is 96.9 cm³/mol. The Hall–Kier alpha value is -1.99. The summed E-state index contributed by atoms with van der Waals surface area (Å²) in [7, 11) is 0. The van der Waals surface area contributed by atoms with Crippen LogP contribution in [0.25, 0.3) is 10.2 Å². The van der Waals surface area contributed by atoms with E-state index in [1.54, 1.807) is 11.3 Å². The molecule has 6 nitrogen and oxygen atoms in total. The number of rotatable bonds is 4. The number of carbonyl (C=O) groups is 2. The first-order chi connectivity index (χ1) is 12.2. The molecule has 4 rings (SSSR count). The van der Waals surface area contributed by atoms with Crippen molar-refractivity contribution in [3.8, 4) is 0 Å². The zero-order chi connectivity index (χ0) is 17.2. The van der Waals surface area contributed by atoms with Crippen LogP contribution in [0.2, 0.25) is 0 Å². The van der Waals surface area contributed by atoms with E-state index in [1.807, 2.05) is 12.1 Å². The van der Waals surface area contributed by atoms with E-state index < -0.39 is 0 Å². The summed E-state index contributed by atoms with van der Waals surface area (Å²) in [6.07, 6.45) is 4.23. The number of imide groups is 1. The zero-order valence-electron chi connectivity index (χ0n) is 14.1. The van der Waals surface area contributed by atoms with Crippen LogP contribution in [0.3, 0.4) is 0 Å². The smallest absolute Gasteiger partial charge is 0.321 e. The number of hydrogen-bond acceptors (Lipinski definition) is 4. The first-order valence-electron chi connectivity index (χ1n) is 8.97. The molecule has 0 bridgehead atoms. The number of para-hydroxylation sites is 1. The van der Waals surface area contributed by atoms with Crippen molar-refractivity contribution in [3.05, 3.63) is 29.3 Å². The molecule has 25 heavy (non-hydrogen) atoms. The topological polar surface area (TPSA) is 75.5 Å². The highest BCUT2D eigenvalue weighted by atomic mass is 32.1. The van der Waals surface area contributed by atoms with Gasteiger partial charge in [0.2, 0.25) is 0 Å². The molecule has 1 aromatic carbocycles. The summed E-state index contributed by atoms with van der Waals surface area (Å²) < 4.78 is 1.22. The lowest BCUT2D eigenvalue weighted by Gasteiger charge is -2.28. The van der Waals surface area contributed by atoms with E-state index in [0.717, 1.165) is 44.3 Å². The number of piperidine rings is 1. The van der Waals surface area contributed by atoms with E-state index in [4.69, 9.17) is 4.98 Å². The summed E-state index contributed by atoms with van der Waals surface area (Å²) in [5.74, 6) is 0.201. The second-order valence-electron chi connectivity index (χ2n) is 7.04. The zero-order valence-corrected chi connectivity index (χ0v) is 14.9. The molecule has 1 unspecified atom stereocenters. The lowest BCUT2D eigenvalue weighted by Crippen LogP contribution is -3.14. The fourth-order valence-electron chi connectivity index (χ4n) is 3.43. The van der Waals surface area contributed by atoms with Crippen molar-refractivity contribution < 1.29 is 14.5 Å². The van der Waals surface area contributed by atoms with Gasteiger partial charge in [0.1, 0.15) is 5.01 Å². The fraction of sp³-hybridized carbons (Fsp3) is 0.500. The van der Waals surface area contributed by atoms with Crippen LogP contribution in [-0.4, -0.2) is 42.6 Å². The number of urea groups is 1. The number of benzene rings is 1. The number of quaternary nitrogens is 1. The first kappa shape index (κ1) is 16.5. The Morgan fingerprint density at radius 2 is 2.08 bits per heavy atom. The standard InChI is InChI=1S/C18H22N4O2S/c23-16(21-18(24)19-13-7-8-13)11-22-9-3-4-12(10-22)17-20-14-5-1-2-6-15(14)25-17/h1-2,5-6,12-13H,3-4,7-11H2,(H2,19,21,23,24)/p+1/t12-/m1/s1. The molecule has 2 heterocycles. The number of amides is 3. The van der Waals surface area contributed by atoms with Gasteiger partial charge in [-0.3, -0.25) is 10.1 Å². The third-order valence-corrected chi connectivity index (χ3v) is 6.05. The fourth-order valence-corrected chi connectivity index (χ4v) is 4.54. The molecule has 3 N–H and O–H groups in total. The van der Waals surface area contributed by atoms with Gasteiger partial charge in [0, 0.05) is 6.04 Å². The van der Waals surface area contributed by atoms with Gasteiger partial charge in [-0.2, -0.15) is 0 Å². The number of hydrogen-bond donors (Lipinski definition) is 3. The summed E-state index contributed by atoms with van der Waals surface area (Å²) in [4.78, 5) is 29.8. The van der Waals surface area contributed by atoms with E-state index in [0.29, 0.717) is 12.5 Å². The van der Waals surface area contributed by atoms with Crippen molar-refractivity contribution in [1.82, 2.24) is 15.6 Å². The van der Waals surface area contributed by atoms with E-state index in [-0.39, 0.29) is 18.0 Å². The van der Waals surface area contributed by atoms with Gasteiger partial charge in [0.15, 0.2) is 6.54 Å². The Balaban J connectivity index is 1.33. The highest BCUT2D eigenvalue weighted by molar-refractivity contribution is 7.18. The highest BCUT2D eigenvalue weighted by Gasteiger charge is 2.29. The Morgan fingerprint density at radius 3 is 2.88 bits per heavy atom. The van der Waals surface area contributed by atoms with E-state index in [1.165, 1.54) is 14.6 Å². The third kappa shape index (κ3) is 4.16. The Bertz CT molecular complexity index is 753. The van der Waals surface area contributed by atoms with Gasteiger partial charge in [0.25, 0.3) is 5.91 Å². The van der Waals surface area contributed by atoms with Crippen LogP contribution < -0.4 is 15.5 Å². The van der Waals surface area contributed by atoms with E-state index in [2.05, 4.69) is 22.8 Å². The van der Waals surface area contributed by atoms with Gasteiger partial charge < -0.3 is 10.2 Å². The molecule has 1 saturated carbocycles. The van der Waals surface area contributed by atoms with Crippen molar-refractivity contribution in [2.24, 2.45) is 0 Å². The number of likely N-dealkylation sites (tertiary alicyclic amines) is 1. The van der Waals surface area contributed by atoms with Crippen LogP contribution in [0.1, 0.15) is 36.6 Å². The normalized spacial score (nSPS) is 23.4. The van der Waals surface area contributed by atoms with Crippen molar-refractivity contribution in [2.45, 2.75) is 37.6 Å². The molecule has 2 atom stereocenters. The number of fused-ring (bicyclic) bond motifs is 1. The number of nitrogens with one attached hydrogen (secondary N) is 3. The Kier molecular flexibility index (Phi) is 4.67. The Labute approximate surface area is 150 Å². The maximum Gasteiger partial charge on any atom is 0.321 e. The van der Waals surface area contributed by atoms with Gasteiger partial charge in [-0.25, -0.2) is 9.78 Å². The molecule has 2 aliphatic rings. The summed E-state index contributed by atoms with van der Waals surface area (Å²) in [5.41, 5.74) is 1.06. The molecule has 1 aliphatic carbocycles. The number of nitrogens with zero attached hydrogens (tertiary/aromatic N) is 1. The van der Waals surface area contributed by atoms with Crippen LogP contribution in [-0.2, 0) is 4.79 Å². The maximum atomic E-state index is 12.1. The lowest BCUT2D eigenvalue weighted by atomic mass is 9.99. The summed E-state index contributed by atoms with van der Waals surface area (Å²) in [6, 6.07) is 8.12. The average Bonchev–Trinajstić information content (AvgIpc) is 3.29. The average molecular weight is 359 g/mol. The molecule has 2 fully saturated rings. The molecule has 1 aromatic heterocycles. The molecule has 2 aromatic rings. The molecular weight excluding hydrogens is 336 g/mol. The maximum absolute atomic E-state index is 12.1. The number of aromatic nitrogens is 1. The second-order valence-corrected chi connectivity index (χ2v) is 8.10. The monoisotopic (exact) mass is 359 g/mol. The van der Waals surface area contributed by atoms with Crippen molar-refractivity contribution in [1.29, 1.82) is 0 Å². The van der Waals surface area contributed by atoms with Crippen molar-refractivity contribution >= 4 is 33.5 Å². The van der Waals surface area contributed by atoms with Gasteiger partial charge >= 0.3 is 6.03 Å². The minimum absolute atomic E-state index is 0.196. The van der Waals surface area contributed by atoms with Crippen LogP contribution in [0.15, 0.2) is 24.3 Å². The molecular formula is C18H23N4O2S+. The number of thiazole rings is 1. The minimum Gasteiger partial charge on any atom is -0.335 e. The molecule has 3 amide bonds. The summed E-state index contributed by atoms with van der Waals surface area (Å²) >= 11 is 1.76. The quantitative estimate of drug-likeness (QED) is 0.764. The van der Waals surface area contributed by atoms with E-state index >= 15 is 0 Å². The van der Waals surface area contributed by atoms with Gasteiger partial charge in [0.05, 0.1) is 29.2 Å². The SMILES string of the molecule is O=C(C[NH+]1CCC[C@@H](c2nc3ccccc3s2)C1)NC(=O)NC1CC1. The van der Waals surface area contributed by atoms with Crippen molar-refractivity contribution in [3.63, 3.8) is 0 Å². The van der Waals surface area contributed by atoms with Crippen molar-refractivity contribution in [2.75, 3.05) is 19.6 Å². The van der Waals surface area contributed by atoms with Crippen LogP contribution in [0.5, 0.6) is 0 Å². The number of carbonyl (C=O) groups excluding carboxylic acids is 2. The Morgan fingerprint density at radius 1 is 1.24 bits per heavy atom. The molecule has 0 spiro atoms. The predicted octanol–water partition coefficient (Wildman–Crippen LogP) is 1.05. The third-order valence-electron chi connectivity index (χ3n) is 4.85. The minimum atomic E-state index is -0.355. The molecule has 132 valence electrons. The van der Waals surface area contributed by atoms with Gasteiger partial charge in [-0.05, 0) is 37.8 Å². The van der Waals surface area contributed by atoms with Crippen LogP contribution in [0, 0.1) is 0 Å². The molecule has 1 aliphatic heterocycles. The summed E-state index contributed by atoms with van der Waals surface area (Å²) in [5, 5.41) is 6.41. The van der Waals surface area contributed by atoms with Gasteiger partial charge in [-0.1, -0.05) is 12.1 Å². The first-order valence-corrected chi connectivity index (χ1v) is 9.78. The molecule has 1 saturated heterocycles. The van der Waals surface area contributed by atoms with Crippen LogP contribution in [0.4, 0.5) is 4.79 Å². The molecule has 7 heteroatoms.